The van der Waals surface area contributed by atoms with Crippen LogP contribution in [0, 0.1) is 12.7 Å². The van der Waals surface area contributed by atoms with E-state index in [1.165, 1.54) is 6.07 Å². The Morgan fingerprint density at radius 1 is 1.50 bits per heavy atom. The van der Waals surface area contributed by atoms with Crippen molar-refractivity contribution in [2.24, 2.45) is 0 Å². The minimum absolute atomic E-state index is 0.321. The van der Waals surface area contributed by atoms with Crippen LogP contribution in [0.5, 0.6) is 5.75 Å². The molecule has 0 N–H and O–H groups in total. The molecule has 0 unspecified atom stereocenters. The number of hydrogen-bond donors (Lipinski definition) is 0. The topological polar surface area (TPSA) is 22.1 Å². The molecule has 16 heavy (non-hydrogen) atoms. The second kappa shape index (κ2) is 4.93. The van der Waals surface area contributed by atoms with Gasteiger partial charge in [0.05, 0.1) is 14.4 Å². The van der Waals surface area contributed by atoms with Gasteiger partial charge in [0.15, 0.2) is 0 Å². The molecule has 0 aliphatic carbocycles. The van der Waals surface area contributed by atoms with Crippen LogP contribution in [-0.4, -0.2) is 4.98 Å². The molecule has 1 aromatic heterocycles. The average molecular weight is 302 g/mol. The minimum Gasteiger partial charge on any atom is -0.488 e. The minimum atomic E-state index is -0.321. The van der Waals surface area contributed by atoms with Gasteiger partial charge in [-0.1, -0.05) is 0 Å². The SMILES string of the molecule is Cc1ncc(COc2ccc(Br)c(F)c2)s1. The van der Waals surface area contributed by atoms with Gasteiger partial charge in [0.1, 0.15) is 18.2 Å². The molecule has 2 aromatic rings. The number of aryl methyl sites for hydroxylation is 1. The molecule has 0 fully saturated rings. The number of benzene rings is 1. The van der Waals surface area contributed by atoms with E-state index in [9.17, 15) is 4.39 Å². The molecule has 0 spiro atoms. The summed E-state index contributed by atoms with van der Waals surface area (Å²) >= 11 is 4.67. The Bertz CT molecular complexity index is 500. The Morgan fingerprint density at radius 2 is 2.31 bits per heavy atom. The Balaban J connectivity index is 2.02. The van der Waals surface area contributed by atoms with Crippen LogP contribution in [0.1, 0.15) is 9.88 Å². The van der Waals surface area contributed by atoms with Crippen molar-refractivity contribution in [3.8, 4) is 5.75 Å². The van der Waals surface area contributed by atoms with E-state index < -0.39 is 0 Å². The largest absolute Gasteiger partial charge is 0.488 e. The fraction of sp³-hybridized carbons (Fsp3) is 0.182. The monoisotopic (exact) mass is 301 g/mol. The van der Waals surface area contributed by atoms with Gasteiger partial charge in [0.25, 0.3) is 0 Å². The molecule has 0 saturated heterocycles. The van der Waals surface area contributed by atoms with Crippen molar-refractivity contribution in [1.82, 2.24) is 4.98 Å². The van der Waals surface area contributed by atoms with Crippen LogP contribution in [0.15, 0.2) is 28.9 Å². The summed E-state index contributed by atoms with van der Waals surface area (Å²) in [5, 5.41) is 1.00. The first kappa shape index (κ1) is 11.5. The van der Waals surface area contributed by atoms with Crippen LogP contribution < -0.4 is 4.74 Å². The third-order valence-corrected chi connectivity index (χ3v) is 3.47. The van der Waals surface area contributed by atoms with E-state index in [2.05, 4.69) is 20.9 Å². The quantitative estimate of drug-likeness (QED) is 0.857. The van der Waals surface area contributed by atoms with E-state index >= 15 is 0 Å². The van der Waals surface area contributed by atoms with Crippen molar-refractivity contribution in [3.05, 3.63) is 44.6 Å². The first-order valence-electron chi connectivity index (χ1n) is 4.64. The standard InChI is InChI=1S/C11H9BrFNOS/c1-7-14-5-9(16-7)6-15-8-2-3-10(12)11(13)4-8/h2-5H,6H2,1H3. The predicted molar refractivity (Wildman–Crippen MR) is 65.3 cm³/mol. The number of aromatic nitrogens is 1. The fourth-order valence-corrected chi connectivity index (χ4v) is 2.15. The van der Waals surface area contributed by atoms with E-state index in [4.69, 9.17) is 4.74 Å². The highest BCUT2D eigenvalue weighted by Crippen LogP contribution is 2.22. The van der Waals surface area contributed by atoms with Gasteiger partial charge in [-0.15, -0.1) is 11.3 Å². The number of thiazole rings is 1. The van der Waals surface area contributed by atoms with Gasteiger partial charge in [0.2, 0.25) is 0 Å². The zero-order chi connectivity index (χ0) is 11.5. The van der Waals surface area contributed by atoms with Gasteiger partial charge in [0, 0.05) is 12.3 Å². The predicted octanol–water partition coefficient (Wildman–Crippen LogP) is 3.93. The van der Waals surface area contributed by atoms with Gasteiger partial charge in [-0.2, -0.15) is 0 Å². The third kappa shape index (κ3) is 2.80. The van der Waals surface area contributed by atoms with E-state index in [-0.39, 0.29) is 5.82 Å². The Kier molecular flexibility index (Phi) is 3.56. The second-order valence-corrected chi connectivity index (χ2v) is 5.38. The second-order valence-electron chi connectivity index (χ2n) is 3.21. The summed E-state index contributed by atoms with van der Waals surface area (Å²) in [6.45, 7) is 2.36. The summed E-state index contributed by atoms with van der Waals surface area (Å²) in [5.41, 5.74) is 0. The Labute approximate surface area is 105 Å². The van der Waals surface area contributed by atoms with Crippen molar-refractivity contribution in [2.75, 3.05) is 0 Å². The highest BCUT2D eigenvalue weighted by atomic mass is 79.9. The first-order chi connectivity index (χ1) is 7.65. The van der Waals surface area contributed by atoms with E-state index in [0.717, 1.165) is 9.88 Å². The molecule has 2 nitrogen and oxygen atoms in total. The third-order valence-electron chi connectivity index (χ3n) is 1.94. The van der Waals surface area contributed by atoms with E-state index in [0.29, 0.717) is 16.8 Å². The lowest BCUT2D eigenvalue weighted by Gasteiger charge is -2.04. The zero-order valence-corrected chi connectivity index (χ0v) is 10.9. The maximum absolute atomic E-state index is 13.2. The molecule has 0 saturated carbocycles. The smallest absolute Gasteiger partial charge is 0.141 e. The van der Waals surface area contributed by atoms with Crippen LogP contribution in [0.2, 0.25) is 0 Å². The lowest BCUT2D eigenvalue weighted by molar-refractivity contribution is 0.308. The number of nitrogens with zero attached hydrogens (tertiary/aromatic N) is 1. The van der Waals surface area contributed by atoms with Gasteiger partial charge in [-0.3, -0.25) is 0 Å². The maximum atomic E-state index is 13.2. The summed E-state index contributed by atoms with van der Waals surface area (Å²) in [7, 11) is 0. The average Bonchev–Trinajstić information content (AvgIpc) is 2.66. The van der Waals surface area contributed by atoms with Crippen molar-refractivity contribution >= 4 is 27.3 Å². The molecule has 2 rings (SSSR count). The number of hydrogen-bond acceptors (Lipinski definition) is 3. The van der Waals surface area contributed by atoms with E-state index in [1.54, 1.807) is 29.7 Å². The molecule has 0 radical (unpaired) electrons. The van der Waals surface area contributed by atoms with Crippen molar-refractivity contribution in [3.63, 3.8) is 0 Å². The van der Waals surface area contributed by atoms with Crippen LogP contribution in [0.3, 0.4) is 0 Å². The molecule has 5 heteroatoms. The molecule has 1 heterocycles. The lowest BCUT2D eigenvalue weighted by atomic mass is 10.3. The zero-order valence-electron chi connectivity index (χ0n) is 8.54. The summed E-state index contributed by atoms with van der Waals surface area (Å²) in [6.07, 6.45) is 1.77. The van der Waals surface area contributed by atoms with Crippen LogP contribution in [-0.2, 0) is 6.61 Å². The number of ether oxygens (including phenoxy) is 1. The first-order valence-corrected chi connectivity index (χ1v) is 6.25. The fourth-order valence-electron chi connectivity index (χ4n) is 1.19. The van der Waals surface area contributed by atoms with Crippen molar-refractivity contribution < 1.29 is 9.13 Å². The molecule has 0 aliphatic heterocycles. The summed E-state index contributed by atoms with van der Waals surface area (Å²) in [6, 6.07) is 4.71. The molecule has 84 valence electrons. The van der Waals surface area contributed by atoms with Crippen LogP contribution >= 0.6 is 27.3 Å². The molecule has 0 atom stereocenters. The maximum Gasteiger partial charge on any atom is 0.141 e. The molecule has 1 aromatic carbocycles. The molecule has 0 aliphatic rings. The number of rotatable bonds is 3. The van der Waals surface area contributed by atoms with Gasteiger partial charge in [-0.05, 0) is 35.0 Å². The van der Waals surface area contributed by atoms with Gasteiger partial charge < -0.3 is 4.74 Å². The van der Waals surface area contributed by atoms with Gasteiger partial charge >= 0.3 is 0 Å². The number of halogens is 2. The molecular weight excluding hydrogens is 293 g/mol. The summed E-state index contributed by atoms with van der Waals surface area (Å²) < 4.78 is 19.1. The Hall–Kier alpha value is -0.940. The Morgan fingerprint density at radius 3 is 2.94 bits per heavy atom. The van der Waals surface area contributed by atoms with Crippen LogP contribution in [0.4, 0.5) is 4.39 Å². The van der Waals surface area contributed by atoms with Gasteiger partial charge in [-0.25, -0.2) is 9.37 Å². The lowest BCUT2D eigenvalue weighted by Crippen LogP contribution is -1.93. The summed E-state index contributed by atoms with van der Waals surface area (Å²) in [4.78, 5) is 5.15. The normalized spacial score (nSPS) is 10.4. The highest BCUT2D eigenvalue weighted by molar-refractivity contribution is 9.10. The van der Waals surface area contributed by atoms with Crippen LogP contribution in [0.25, 0.3) is 0 Å². The van der Waals surface area contributed by atoms with Crippen molar-refractivity contribution in [2.45, 2.75) is 13.5 Å². The highest BCUT2D eigenvalue weighted by Gasteiger charge is 2.03. The summed E-state index contributed by atoms with van der Waals surface area (Å²) in [5.74, 6) is 0.199. The van der Waals surface area contributed by atoms with Crippen molar-refractivity contribution in [1.29, 1.82) is 0 Å². The molecular formula is C11H9BrFNOS. The van der Waals surface area contributed by atoms with E-state index in [1.807, 2.05) is 6.92 Å². The molecule has 0 amide bonds. The molecule has 0 bridgehead atoms.